The van der Waals surface area contributed by atoms with Crippen LogP contribution in [-0.4, -0.2) is 41.1 Å². The van der Waals surface area contributed by atoms with Gasteiger partial charge < -0.3 is 20.1 Å². The number of rotatable bonds is 8. The normalized spacial score (nSPS) is 30.9. The molecule has 1 heterocycles. The molecule has 5 aliphatic rings. The lowest BCUT2D eigenvalue weighted by Crippen LogP contribution is -2.55. The third-order valence-electron chi connectivity index (χ3n) is 10.8. The van der Waals surface area contributed by atoms with E-state index < -0.39 is 41.2 Å². The smallest absolute Gasteiger partial charge is 0.326 e. The molecular weight excluding hydrogens is 531 g/mol. The van der Waals surface area contributed by atoms with Gasteiger partial charge in [0.15, 0.2) is 0 Å². The standard InChI is InChI=1S/C35H45FN2O4/c1-34(2,3)28-29(37-20-23-16-24(14-15-27(23)42-4)35-17-21(18-35)19-35)30(25-12-8-9-13-26(25)36)38(31(28)33(40)41)32(39)22-10-6-5-7-11-22/h8-9,12-16,21-22,28-31,37H,5-7,10-11,17-20H2,1-4H3,(H,40,41)/t21?,28-,29-,30-,31-,35?/m0/s1. The van der Waals surface area contributed by atoms with Gasteiger partial charge in [-0.2, -0.15) is 0 Å². The summed E-state index contributed by atoms with van der Waals surface area (Å²) in [6.45, 7) is 6.51. The number of benzene rings is 2. The molecule has 5 fully saturated rings. The van der Waals surface area contributed by atoms with E-state index in [1.165, 1.54) is 30.9 Å². The average Bonchev–Trinajstić information content (AvgIpc) is 3.26. The number of nitrogens with one attached hydrogen (secondary N) is 1. The van der Waals surface area contributed by atoms with Crippen LogP contribution in [0.3, 0.4) is 0 Å². The number of carbonyl (C=O) groups is 2. The largest absolute Gasteiger partial charge is 0.496 e. The van der Waals surface area contributed by atoms with Crippen molar-refractivity contribution in [2.45, 2.75) is 102 Å². The maximum Gasteiger partial charge on any atom is 0.326 e. The molecule has 2 N–H and O–H groups in total. The number of ether oxygens (including phenoxy) is 1. The first-order valence-electron chi connectivity index (χ1n) is 15.7. The third kappa shape index (κ3) is 4.91. The van der Waals surface area contributed by atoms with E-state index in [-0.39, 0.29) is 11.8 Å². The Morgan fingerprint density at radius 2 is 1.76 bits per heavy atom. The van der Waals surface area contributed by atoms with Gasteiger partial charge >= 0.3 is 5.97 Å². The van der Waals surface area contributed by atoms with Crippen molar-refractivity contribution in [3.8, 4) is 5.75 Å². The molecule has 1 aliphatic heterocycles. The highest BCUT2D eigenvalue weighted by Crippen LogP contribution is 2.65. The number of carbonyl (C=O) groups excluding carboxylic acids is 1. The van der Waals surface area contributed by atoms with E-state index in [0.29, 0.717) is 17.5 Å². The molecule has 7 heteroatoms. The van der Waals surface area contributed by atoms with Crippen LogP contribution in [0.25, 0.3) is 0 Å². The Bertz CT molecular complexity index is 1330. The van der Waals surface area contributed by atoms with Gasteiger partial charge in [-0.1, -0.05) is 70.4 Å². The first-order valence-corrected chi connectivity index (χ1v) is 15.7. The number of amides is 1. The minimum absolute atomic E-state index is 0.155. The number of hydrogen-bond donors (Lipinski definition) is 2. The van der Waals surface area contributed by atoms with Crippen molar-refractivity contribution in [3.63, 3.8) is 0 Å². The number of halogens is 1. The van der Waals surface area contributed by atoms with Gasteiger partial charge in [0.2, 0.25) is 5.91 Å². The van der Waals surface area contributed by atoms with Crippen molar-refractivity contribution in [1.82, 2.24) is 10.2 Å². The van der Waals surface area contributed by atoms with Crippen molar-refractivity contribution >= 4 is 11.9 Å². The zero-order chi connectivity index (χ0) is 29.8. The summed E-state index contributed by atoms with van der Waals surface area (Å²) >= 11 is 0. The molecule has 0 radical (unpaired) electrons. The van der Waals surface area contributed by atoms with Gasteiger partial charge in [0.25, 0.3) is 0 Å². The summed E-state index contributed by atoms with van der Waals surface area (Å²) in [6, 6.07) is 10.7. The van der Waals surface area contributed by atoms with Gasteiger partial charge in [-0.05, 0) is 66.5 Å². The monoisotopic (exact) mass is 576 g/mol. The predicted molar refractivity (Wildman–Crippen MR) is 160 cm³/mol. The van der Waals surface area contributed by atoms with E-state index in [1.807, 2.05) is 26.8 Å². The fraction of sp³-hybridized carbons (Fsp3) is 0.600. The van der Waals surface area contributed by atoms with Crippen LogP contribution < -0.4 is 10.1 Å². The van der Waals surface area contributed by atoms with Crippen molar-refractivity contribution in [2.75, 3.05) is 7.11 Å². The zero-order valence-corrected chi connectivity index (χ0v) is 25.4. The number of nitrogens with zero attached hydrogens (tertiary/aromatic N) is 1. The lowest BCUT2D eigenvalue weighted by Gasteiger charge is -2.62. The maximum absolute atomic E-state index is 15.6. The minimum Gasteiger partial charge on any atom is -0.496 e. The number of carboxylic acids is 1. The molecule has 2 aromatic carbocycles. The Kier molecular flexibility index (Phi) is 7.61. The number of hydrogen-bond acceptors (Lipinski definition) is 4. The van der Waals surface area contributed by atoms with E-state index >= 15 is 4.39 Å². The van der Waals surface area contributed by atoms with Crippen LogP contribution in [0.4, 0.5) is 4.39 Å². The molecule has 1 amide bonds. The minimum atomic E-state index is -1.07. The van der Waals surface area contributed by atoms with Gasteiger partial charge in [0.1, 0.15) is 17.6 Å². The highest BCUT2D eigenvalue weighted by Gasteiger charge is 2.59. The Balaban J connectivity index is 1.41. The van der Waals surface area contributed by atoms with Crippen molar-refractivity contribution in [3.05, 3.63) is 65.0 Å². The molecule has 42 heavy (non-hydrogen) atoms. The molecule has 6 nitrogen and oxygen atoms in total. The van der Waals surface area contributed by atoms with Gasteiger partial charge in [-0.15, -0.1) is 0 Å². The third-order valence-corrected chi connectivity index (χ3v) is 10.8. The van der Waals surface area contributed by atoms with Crippen molar-refractivity contribution in [2.24, 2.45) is 23.2 Å². The fourth-order valence-corrected chi connectivity index (χ4v) is 8.63. The van der Waals surface area contributed by atoms with Crippen LogP contribution in [0.1, 0.15) is 94.9 Å². The topological polar surface area (TPSA) is 78.9 Å². The average molecular weight is 577 g/mol. The molecule has 4 saturated carbocycles. The molecule has 4 atom stereocenters. The van der Waals surface area contributed by atoms with E-state index in [0.717, 1.165) is 49.3 Å². The van der Waals surface area contributed by atoms with Crippen LogP contribution in [0, 0.1) is 29.0 Å². The van der Waals surface area contributed by atoms with E-state index in [4.69, 9.17) is 4.74 Å². The second-order valence-corrected chi connectivity index (χ2v) is 14.4. The first kappa shape index (κ1) is 29.2. The van der Waals surface area contributed by atoms with Crippen molar-refractivity contribution in [1.29, 1.82) is 0 Å². The Morgan fingerprint density at radius 1 is 1.07 bits per heavy atom. The summed E-state index contributed by atoms with van der Waals surface area (Å²) in [5.41, 5.74) is 2.52. The molecule has 1 saturated heterocycles. The van der Waals surface area contributed by atoms with Crippen LogP contribution in [-0.2, 0) is 21.5 Å². The lowest BCUT2D eigenvalue weighted by atomic mass is 9.42. The highest BCUT2D eigenvalue weighted by molar-refractivity contribution is 5.87. The molecule has 226 valence electrons. The van der Waals surface area contributed by atoms with Gasteiger partial charge in [0.05, 0.1) is 13.2 Å². The second-order valence-electron chi connectivity index (χ2n) is 14.4. The predicted octanol–water partition coefficient (Wildman–Crippen LogP) is 6.62. The van der Waals surface area contributed by atoms with Crippen LogP contribution in [0.15, 0.2) is 42.5 Å². The van der Waals surface area contributed by atoms with E-state index in [1.54, 1.807) is 30.2 Å². The molecule has 2 aromatic rings. The number of methoxy groups -OCH3 is 1. The Labute approximate surface area is 249 Å². The van der Waals surface area contributed by atoms with Crippen molar-refractivity contribution < 1.29 is 23.8 Å². The van der Waals surface area contributed by atoms with Gasteiger partial charge in [-0.3, -0.25) is 4.79 Å². The Hall–Kier alpha value is -2.93. The summed E-state index contributed by atoms with van der Waals surface area (Å²) in [4.78, 5) is 29.0. The summed E-state index contributed by atoms with van der Waals surface area (Å²) in [5, 5.41) is 14.4. The van der Waals surface area contributed by atoms with Gasteiger partial charge in [0, 0.05) is 35.5 Å². The van der Waals surface area contributed by atoms with Crippen LogP contribution in [0.2, 0.25) is 0 Å². The summed E-state index contributed by atoms with van der Waals surface area (Å²) in [5.74, 6) is -0.668. The zero-order valence-electron chi connectivity index (χ0n) is 25.4. The molecule has 2 bridgehead atoms. The van der Waals surface area contributed by atoms with Crippen LogP contribution in [0.5, 0.6) is 5.75 Å². The molecule has 0 aromatic heterocycles. The quantitative estimate of drug-likeness (QED) is 0.369. The second kappa shape index (κ2) is 11.0. The summed E-state index contributed by atoms with van der Waals surface area (Å²) in [7, 11) is 1.67. The van der Waals surface area contributed by atoms with Gasteiger partial charge in [-0.25, -0.2) is 9.18 Å². The highest BCUT2D eigenvalue weighted by atomic mass is 19.1. The van der Waals surface area contributed by atoms with E-state index in [2.05, 4.69) is 17.4 Å². The molecule has 4 aliphatic carbocycles. The molecule has 0 unspecified atom stereocenters. The number of aliphatic carboxylic acids is 1. The summed E-state index contributed by atoms with van der Waals surface area (Å²) in [6.07, 6.45) is 8.22. The maximum atomic E-state index is 15.6. The lowest BCUT2D eigenvalue weighted by molar-refractivity contribution is -0.154. The number of carboxylic acid groups (broad SMARTS) is 1. The van der Waals surface area contributed by atoms with Crippen LogP contribution >= 0.6 is 0 Å². The fourth-order valence-electron chi connectivity index (χ4n) is 8.63. The molecule has 0 spiro atoms. The molecular formula is C35H45FN2O4. The Morgan fingerprint density at radius 3 is 2.33 bits per heavy atom. The molecule has 7 rings (SSSR count). The summed E-state index contributed by atoms with van der Waals surface area (Å²) < 4.78 is 21.4. The first-order chi connectivity index (χ1) is 20.0. The number of likely N-dealkylation sites (tertiary alicyclic amines) is 1. The van der Waals surface area contributed by atoms with E-state index in [9.17, 15) is 14.7 Å². The SMILES string of the molecule is COc1ccc(C23CC(C2)C3)cc1CN[C@H]1[C@H](C(C)(C)C)[C@@H](C(=O)O)N(C(=O)C2CCCCC2)[C@H]1c1ccccc1F.